The molecule has 0 heterocycles. The standard InChI is InChI=1S/C22H14O2/c23-17-6-2-14-11-21-15(9-16(14)10-17)4-8-20-19(21)7-3-13-1-5-18(24)12-22(13)20/h1-5,7-12,24H,6H2. The van der Waals surface area contributed by atoms with E-state index in [-0.39, 0.29) is 11.5 Å². The second-order valence-corrected chi connectivity index (χ2v) is 6.35. The SMILES string of the molecule is O=C1C=c2cc3ccc4c5cc(O)ccc5ccc4c3cc2=CC1. The number of hydrogen-bond acceptors (Lipinski definition) is 2. The number of fused-ring (bicyclic) bond motifs is 6. The van der Waals surface area contributed by atoms with E-state index in [1.165, 1.54) is 10.8 Å². The number of aromatic hydroxyl groups is 1. The maximum absolute atomic E-state index is 11.6. The quantitative estimate of drug-likeness (QED) is 0.506. The van der Waals surface area contributed by atoms with Crippen LogP contribution in [0, 0.1) is 0 Å². The zero-order valence-corrected chi connectivity index (χ0v) is 12.9. The third kappa shape index (κ3) is 1.86. The van der Waals surface area contributed by atoms with E-state index in [0.717, 1.165) is 32.0 Å². The number of phenols is 1. The van der Waals surface area contributed by atoms with Crippen LogP contribution in [-0.2, 0) is 4.79 Å². The molecule has 2 nitrogen and oxygen atoms in total. The molecular formula is C22H14O2. The van der Waals surface area contributed by atoms with Crippen LogP contribution in [0.1, 0.15) is 6.42 Å². The molecule has 0 unspecified atom stereocenters. The first kappa shape index (κ1) is 13.3. The average molecular weight is 310 g/mol. The number of benzene rings is 4. The Balaban J connectivity index is 1.98. The van der Waals surface area contributed by atoms with E-state index in [1.54, 1.807) is 12.1 Å². The van der Waals surface area contributed by atoms with E-state index >= 15 is 0 Å². The van der Waals surface area contributed by atoms with Crippen LogP contribution >= 0.6 is 0 Å². The topological polar surface area (TPSA) is 37.3 Å². The van der Waals surface area contributed by atoms with Crippen molar-refractivity contribution in [3.63, 3.8) is 0 Å². The minimum absolute atomic E-state index is 0.157. The van der Waals surface area contributed by atoms with Crippen molar-refractivity contribution in [3.8, 4) is 5.75 Å². The molecule has 1 aliphatic carbocycles. The number of Topliss-reactive ketones (excluding diaryl/α,β-unsaturated/α-hetero) is 1. The van der Waals surface area contributed by atoms with Crippen molar-refractivity contribution >= 4 is 50.3 Å². The van der Waals surface area contributed by atoms with Gasteiger partial charge < -0.3 is 5.11 Å². The van der Waals surface area contributed by atoms with Gasteiger partial charge in [0.2, 0.25) is 0 Å². The first-order valence-corrected chi connectivity index (χ1v) is 8.02. The summed E-state index contributed by atoms with van der Waals surface area (Å²) >= 11 is 0. The molecule has 0 fully saturated rings. The van der Waals surface area contributed by atoms with Gasteiger partial charge in [-0.05, 0) is 73.1 Å². The highest BCUT2D eigenvalue weighted by Crippen LogP contribution is 2.32. The van der Waals surface area contributed by atoms with Crippen LogP contribution in [-0.4, -0.2) is 10.9 Å². The number of carbonyl (C=O) groups excluding carboxylic acids is 1. The molecule has 0 aromatic heterocycles. The van der Waals surface area contributed by atoms with E-state index in [1.807, 2.05) is 18.2 Å². The summed E-state index contributed by atoms with van der Waals surface area (Å²) in [6.07, 6.45) is 4.21. The molecule has 1 N–H and O–H groups in total. The third-order valence-corrected chi connectivity index (χ3v) is 4.86. The first-order chi connectivity index (χ1) is 11.7. The predicted octanol–water partition coefficient (Wildman–Crippen LogP) is 3.39. The van der Waals surface area contributed by atoms with Gasteiger partial charge in [0.25, 0.3) is 0 Å². The fourth-order valence-electron chi connectivity index (χ4n) is 3.68. The van der Waals surface area contributed by atoms with Crippen molar-refractivity contribution in [3.05, 3.63) is 65.0 Å². The summed E-state index contributed by atoms with van der Waals surface area (Å²) in [4.78, 5) is 11.6. The molecule has 5 rings (SSSR count). The summed E-state index contributed by atoms with van der Waals surface area (Å²) in [7, 11) is 0. The van der Waals surface area contributed by atoms with Gasteiger partial charge in [-0.2, -0.15) is 0 Å². The Bertz CT molecular complexity index is 1300. The van der Waals surface area contributed by atoms with E-state index in [9.17, 15) is 9.90 Å². The minimum Gasteiger partial charge on any atom is -0.508 e. The van der Waals surface area contributed by atoms with Gasteiger partial charge >= 0.3 is 0 Å². The first-order valence-electron chi connectivity index (χ1n) is 8.02. The van der Waals surface area contributed by atoms with E-state index in [0.29, 0.717) is 6.42 Å². The lowest BCUT2D eigenvalue weighted by Gasteiger charge is -2.09. The fraction of sp³-hybridized carbons (Fsp3) is 0.0455. The lowest BCUT2D eigenvalue weighted by molar-refractivity contribution is -0.112. The van der Waals surface area contributed by atoms with Crippen LogP contribution in [0.3, 0.4) is 0 Å². The highest BCUT2D eigenvalue weighted by Gasteiger charge is 2.08. The van der Waals surface area contributed by atoms with Gasteiger partial charge in [-0.25, -0.2) is 0 Å². The van der Waals surface area contributed by atoms with Crippen molar-refractivity contribution in [1.82, 2.24) is 0 Å². The highest BCUT2D eigenvalue weighted by molar-refractivity contribution is 6.18. The molecule has 0 saturated heterocycles. The Morgan fingerprint density at radius 2 is 1.42 bits per heavy atom. The largest absolute Gasteiger partial charge is 0.508 e. The summed E-state index contributed by atoms with van der Waals surface area (Å²) in [6.45, 7) is 0. The summed E-state index contributed by atoms with van der Waals surface area (Å²) in [5.74, 6) is 0.436. The van der Waals surface area contributed by atoms with Crippen LogP contribution in [0.15, 0.2) is 54.6 Å². The Morgan fingerprint density at radius 1 is 0.708 bits per heavy atom. The van der Waals surface area contributed by atoms with Gasteiger partial charge in [-0.15, -0.1) is 0 Å². The lowest BCUT2D eigenvalue weighted by atomic mass is 9.95. The molecule has 0 spiro atoms. The number of ketones is 1. The summed E-state index contributed by atoms with van der Waals surface area (Å²) in [6, 6.07) is 18.2. The molecule has 1 aliphatic rings. The van der Waals surface area contributed by atoms with Gasteiger partial charge in [0.05, 0.1) is 0 Å². The van der Waals surface area contributed by atoms with Crippen LogP contribution in [0.4, 0.5) is 0 Å². The highest BCUT2D eigenvalue weighted by atomic mass is 16.3. The van der Waals surface area contributed by atoms with Crippen LogP contribution < -0.4 is 10.4 Å². The van der Waals surface area contributed by atoms with Gasteiger partial charge in [0, 0.05) is 6.42 Å². The van der Waals surface area contributed by atoms with Gasteiger partial charge in [0.15, 0.2) is 5.78 Å². The zero-order valence-electron chi connectivity index (χ0n) is 12.9. The van der Waals surface area contributed by atoms with Crippen molar-refractivity contribution in [2.75, 3.05) is 0 Å². The molecule has 4 aromatic rings. The van der Waals surface area contributed by atoms with E-state index in [4.69, 9.17) is 0 Å². The summed E-state index contributed by atoms with van der Waals surface area (Å²) < 4.78 is 0. The Kier molecular flexibility index (Phi) is 2.60. The number of phenolic OH excluding ortho intramolecular Hbond substituents is 1. The second kappa shape index (κ2) is 4.68. The van der Waals surface area contributed by atoms with E-state index in [2.05, 4.69) is 36.4 Å². The van der Waals surface area contributed by atoms with E-state index < -0.39 is 0 Å². The van der Waals surface area contributed by atoms with Crippen molar-refractivity contribution in [2.24, 2.45) is 0 Å². The summed E-state index contributed by atoms with van der Waals surface area (Å²) in [5, 5.41) is 18.7. The molecule has 0 radical (unpaired) electrons. The fourth-order valence-corrected chi connectivity index (χ4v) is 3.68. The van der Waals surface area contributed by atoms with Crippen LogP contribution in [0.2, 0.25) is 0 Å². The molecule has 2 heteroatoms. The van der Waals surface area contributed by atoms with Gasteiger partial charge in [-0.1, -0.05) is 36.4 Å². The Hall–Kier alpha value is -3.13. The molecule has 24 heavy (non-hydrogen) atoms. The molecule has 0 amide bonds. The van der Waals surface area contributed by atoms with Crippen molar-refractivity contribution in [1.29, 1.82) is 0 Å². The molecule has 0 aliphatic heterocycles. The molecule has 0 bridgehead atoms. The molecule has 0 atom stereocenters. The molecular weight excluding hydrogens is 296 g/mol. The van der Waals surface area contributed by atoms with Crippen LogP contribution in [0.25, 0.3) is 44.5 Å². The molecule has 114 valence electrons. The second-order valence-electron chi connectivity index (χ2n) is 6.35. The average Bonchev–Trinajstić information content (AvgIpc) is 2.59. The Labute approximate surface area is 138 Å². The third-order valence-electron chi connectivity index (χ3n) is 4.86. The van der Waals surface area contributed by atoms with Crippen LogP contribution in [0.5, 0.6) is 5.75 Å². The van der Waals surface area contributed by atoms with Gasteiger partial charge in [-0.3, -0.25) is 4.79 Å². The normalized spacial score (nSPS) is 13.8. The van der Waals surface area contributed by atoms with Crippen molar-refractivity contribution < 1.29 is 9.90 Å². The predicted molar refractivity (Wildman–Crippen MR) is 98.4 cm³/mol. The number of hydrogen-bond donors (Lipinski definition) is 1. The number of carbonyl (C=O) groups is 1. The molecule has 0 saturated carbocycles. The minimum atomic E-state index is 0.157. The monoisotopic (exact) mass is 310 g/mol. The lowest BCUT2D eigenvalue weighted by Crippen LogP contribution is -2.28. The van der Waals surface area contributed by atoms with Crippen molar-refractivity contribution in [2.45, 2.75) is 6.42 Å². The zero-order chi connectivity index (χ0) is 16.3. The van der Waals surface area contributed by atoms with Gasteiger partial charge in [0.1, 0.15) is 5.75 Å². The smallest absolute Gasteiger partial charge is 0.160 e. The maximum atomic E-state index is 11.6. The number of rotatable bonds is 0. The molecule has 4 aromatic carbocycles. The maximum Gasteiger partial charge on any atom is 0.160 e. The summed E-state index contributed by atoms with van der Waals surface area (Å²) in [5.41, 5.74) is 0. The Morgan fingerprint density at radius 3 is 2.25 bits per heavy atom.